The van der Waals surface area contributed by atoms with Crippen LogP contribution in [-0.2, 0) is 18.5 Å². The van der Waals surface area contributed by atoms with Gasteiger partial charge in [-0.3, -0.25) is 4.90 Å². The first-order valence-corrected chi connectivity index (χ1v) is 15.0. The van der Waals surface area contributed by atoms with Gasteiger partial charge in [-0.15, -0.1) is 11.3 Å². The van der Waals surface area contributed by atoms with Gasteiger partial charge in [-0.25, -0.2) is 0 Å². The van der Waals surface area contributed by atoms with Gasteiger partial charge in [0.15, 0.2) is 5.06 Å². The molecule has 2 aliphatic heterocycles. The summed E-state index contributed by atoms with van der Waals surface area (Å²) >= 11 is 1.85. The molecule has 1 unspecified atom stereocenters. The van der Waals surface area contributed by atoms with E-state index in [0.29, 0.717) is 0 Å². The number of hydrogen-bond donors (Lipinski definition) is 1. The summed E-state index contributed by atoms with van der Waals surface area (Å²) in [4.78, 5) is 4.13. The highest BCUT2D eigenvalue weighted by Gasteiger charge is 2.43. The number of thiophene rings is 1. The van der Waals surface area contributed by atoms with Crippen LogP contribution >= 0.6 is 11.3 Å². The smallest absolute Gasteiger partial charge is 0.174 e. The maximum Gasteiger partial charge on any atom is 0.174 e. The fraction of sp³-hybridized carbons (Fsp3) is 0.353. The summed E-state index contributed by atoms with van der Waals surface area (Å²) in [5.74, 6) is 0.819. The van der Waals surface area contributed by atoms with Crippen molar-refractivity contribution in [2.24, 2.45) is 5.92 Å². The summed E-state index contributed by atoms with van der Waals surface area (Å²) in [6.45, 7) is 5.09. The van der Waals surface area contributed by atoms with Gasteiger partial charge < -0.3 is 10.1 Å². The molecule has 196 valence electrons. The van der Waals surface area contributed by atoms with Crippen LogP contribution < -0.4 is 10.1 Å². The summed E-state index contributed by atoms with van der Waals surface area (Å²) in [5.41, 5.74) is 5.03. The highest BCUT2D eigenvalue weighted by molar-refractivity contribution is 7.14. The maximum atomic E-state index is 6.30. The molecule has 0 saturated carbocycles. The standard InChI is InChI=1S/C34H38N2OS/c1-4-14-29(15-5-1)34(30-16-6-2-7-17-30,31-18-8-3-9-19-31)36-22-20-28-24-33(38-32(28)26-36)37-23-11-13-27-12-10-21-35-25-27/h1-9,14-19,24,27,35H,10-13,20-23,25-26H2. The second kappa shape index (κ2) is 11.9. The van der Waals surface area contributed by atoms with Gasteiger partial charge in [0.2, 0.25) is 0 Å². The van der Waals surface area contributed by atoms with E-state index >= 15 is 0 Å². The van der Waals surface area contributed by atoms with E-state index in [-0.39, 0.29) is 5.54 Å². The van der Waals surface area contributed by atoms with E-state index in [1.54, 1.807) is 0 Å². The summed E-state index contributed by atoms with van der Waals surface area (Å²) in [6.07, 6.45) is 6.12. The molecule has 0 amide bonds. The Morgan fingerprint density at radius 3 is 2.08 bits per heavy atom. The molecule has 0 spiro atoms. The van der Waals surface area contributed by atoms with Crippen LogP contribution in [0.2, 0.25) is 0 Å². The quantitative estimate of drug-likeness (QED) is 0.185. The predicted molar refractivity (Wildman–Crippen MR) is 158 cm³/mol. The Hall–Kier alpha value is -2.92. The number of hydrogen-bond acceptors (Lipinski definition) is 4. The molecule has 3 aromatic carbocycles. The summed E-state index contributed by atoms with van der Waals surface area (Å²) < 4.78 is 6.30. The molecule has 3 nitrogen and oxygen atoms in total. The Morgan fingerprint density at radius 1 is 0.868 bits per heavy atom. The van der Waals surface area contributed by atoms with E-state index in [1.807, 2.05) is 11.3 Å². The molecule has 1 N–H and O–H groups in total. The van der Waals surface area contributed by atoms with Gasteiger partial charge in [0.25, 0.3) is 0 Å². The Morgan fingerprint density at radius 2 is 1.50 bits per heavy atom. The van der Waals surface area contributed by atoms with Gasteiger partial charge in [-0.1, -0.05) is 91.0 Å². The van der Waals surface area contributed by atoms with Crippen LogP contribution in [0.25, 0.3) is 0 Å². The third-order valence-electron chi connectivity index (χ3n) is 8.31. The first-order valence-electron chi connectivity index (χ1n) is 14.2. The van der Waals surface area contributed by atoms with Crippen molar-refractivity contribution in [1.29, 1.82) is 0 Å². The lowest BCUT2D eigenvalue weighted by molar-refractivity contribution is 0.141. The van der Waals surface area contributed by atoms with Crippen molar-refractivity contribution in [2.75, 3.05) is 26.2 Å². The van der Waals surface area contributed by atoms with E-state index in [2.05, 4.69) is 107 Å². The molecule has 1 fully saturated rings. The second-order valence-electron chi connectivity index (χ2n) is 10.7. The molecular weight excluding hydrogens is 484 g/mol. The van der Waals surface area contributed by atoms with Crippen molar-refractivity contribution in [1.82, 2.24) is 10.2 Å². The second-order valence-corrected chi connectivity index (χ2v) is 11.8. The Labute approximate surface area is 231 Å². The minimum absolute atomic E-state index is 0.361. The molecule has 38 heavy (non-hydrogen) atoms. The van der Waals surface area contributed by atoms with Crippen LogP contribution in [0, 0.1) is 5.92 Å². The highest BCUT2D eigenvalue weighted by atomic mass is 32.1. The average Bonchev–Trinajstić information content (AvgIpc) is 3.40. The molecule has 0 aliphatic carbocycles. The lowest BCUT2D eigenvalue weighted by atomic mass is 9.75. The number of rotatable bonds is 9. The third kappa shape index (κ3) is 5.18. The Kier molecular flexibility index (Phi) is 7.91. The largest absolute Gasteiger partial charge is 0.484 e. The lowest BCUT2D eigenvalue weighted by Crippen LogP contribution is -2.49. The fourth-order valence-corrected chi connectivity index (χ4v) is 7.55. The van der Waals surface area contributed by atoms with Crippen molar-refractivity contribution < 1.29 is 4.74 Å². The zero-order valence-corrected chi connectivity index (χ0v) is 23.0. The number of piperidine rings is 1. The molecule has 0 radical (unpaired) electrons. The zero-order chi connectivity index (χ0) is 25.6. The van der Waals surface area contributed by atoms with Gasteiger partial charge in [0.1, 0.15) is 0 Å². The normalized spacial score (nSPS) is 18.2. The van der Waals surface area contributed by atoms with E-state index < -0.39 is 0 Å². The van der Waals surface area contributed by atoms with Crippen LogP contribution in [0.15, 0.2) is 97.1 Å². The number of benzene rings is 3. The molecular formula is C34H38N2OS. The number of nitrogens with zero attached hydrogens (tertiary/aromatic N) is 1. The molecule has 1 saturated heterocycles. The molecule has 3 heterocycles. The maximum absolute atomic E-state index is 6.30. The summed E-state index contributed by atoms with van der Waals surface area (Å²) in [7, 11) is 0. The van der Waals surface area contributed by atoms with Gasteiger partial charge in [-0.2, -0.15) is 0 Å². The number of ether oxygens (including phenoxy) is 1. The minimum Gasteiger partial charge on any atom is -0.484 e. The lowest BCUT2D eigenvalue weighted by Gasteiger charge is -2.47. The van der Waals surface area contributed by atoms with E-state index in [0.717, 1.165) is 43.5 Å². The molecule has 4 aromatic rings. The molecule has 1 atom stereocenters. The van der Waals surface area contributed by atoms with E-state index in [9.17, 15) is 0 Å². The predicted octanol–water partition coefficient (Wildman–Crippen LogP) is 7.26. The van der Waals surface area contributed by atoms with Crippen LogP contribution in [-0.4, -0.2) is 31.1 Å². The monoisotopic (exact) mass is 522 g/mol. The van der Waals surface area contributed by atoms with Crippen LogP contribution in [0.5, 0.6) is 5.06 Å². The van der Waals surface area contributed by atoms with Gasteiger partial charge in [-0.05, 0) is 79.4 Å². The van der Waals surface area contributed by atoms with E-state index in [4.69, 9.17) is 4.74 Å². The van der Waals surface area contributed by atoms with Crippen LogP contribution in [0.1, 0.15) is 52.8 Å². The molecule has 6 rings (SSSR count). The SMILES string of the molecule is c1ccc(C(c2ccccc2)(c2ccccc2)N2CCc3cc(OCCCC4CCCNC4)sc3C2)cc1. The fourth-order valence-electron chi connectivity index (χ4n) is 6.45. The highest BCUT2D eigenvalue weighted by Crippen LogP contribution is 2.46. The molecule has 2 aliphatic rings. The zero-order valence-electron chi connectivity index (χ0n) is 22.1. The number of fused-ring (bicyclic) bond motifs is 1. The molecule has 0 bridgehead atoms. The van der Waals surface area contributed by atoms with Crippen LogP contribution in [0.4, 0.5) is 0 Å². The van der Waals surface area contributed by atoms with Gasteiger partial charge >= 0.3 is 0 Å². The van der Waals surface area contributed by atoms with Gasteiger partial charge in [0.05, 0.1) is 12.1 Å². The van der Waals surface area contributed by atoms with Crippen molar-refractivity contribution >= 4 is 11.3 Å². The Balaban J connectivity index is 1.27. The van der Waals surface area contributed by atoms with Crippen molar-refractivity contribution in [3.8, 4) is 5.06 Å². The topological polar surface area (TPSA) is 24.5 Å². The van der Waals surface area contributed by atoms with Crippen molar-refractivity contribution in [3.63, 3.8) is 0 Å². The first-order chi connectivity index (χ1) is 18.8. The van der Waals surface area contributed by atoms with E-state index in [1.165, 1.54) is 59.5 Å². The summed E-state index contributed by atoms with van der Waals surface area (Å²) in [6, 6.07) is 35.5. The number of nitrogens with one attached hydrogen (secondary N) is 1. The van der Waals surface area contributed by atoms with Crippen molar-refractivity contribution in [2.45, 2.75) is 44.2 Å². The van der Waals surface area contributed by atoms with Crippen molar-refractivity contribution in [3.05, 3.63) is 124 Å². The van der Waals surface area contributed by atoms with Gasteiger partial charge in [0, 0.05) is 18.0 Å². The minimum atomic E-state index is -0.361. The first kappa shape index (κ1) is 25.4. The average molecular weight is 523 g/mol. The molecule has 4 heteroatoms. The van der Waals surface area contributed by atoms with Crippen LogP contribution in [0.3, 0.4) is 0 Å². The Bertz CT molecular complexity index is 1190. The third-order valence-corrected chi connectivity index (χ3v) is 9.38. The molecule has 1 aromatic heterocycles. The summed E-state index contributed by atoms with van der Waals surface area (Å²) in [5, 5.41) is 4.62.